The Morgan fingerprint density at radius 2 is 2.09 bits per heavy atom. The third kappa shape index (κ3) is 4.35. The predicted molar refractivity (Wildman–Crippen MR) is 86.5 cm³/mol. The molecule has 122 valence electrons. The lowest BCUT2D eigenvalue weighted by Gasteiger charge is -2.26. The maximum Gasteiger partial charge on any atom is 0.234 e. The Morgan fingerprint density at radius 3 is 2.91 bits per heavy atom. The number of nitrogens with one attached hydrogen (secondary N) is 2. The largest absolute Gasteiger partial charge is 0.493 e. The van der Waals surface area contributed by atoms with Crippen molar-refractivity contribution in [3.63, 3.8) is 0 Å². The molecular formula is C16H23ClN2O3. The topological polar surface area (TPSA) is 59.6 Å². The van der Waals surface area contributed by atoms with Crippen molar-refractivity contribution in [1.82, 2.24) is 10.6 Å². The minimum absolute atomic E-state index is 0. The summed E-state index contributed by atoms with van der Waals surface area (Å²) in [5, 5.41) is 6.25. The first kappa shape index (κ1) is 17.1. The molecule has 0 radical (unpaired) electrons. The van der Waals surface area contributed by atoms with Crippen molar-refractivity contribution >= 4 is 18.3 Å². The molecule has 2 N–H and O–H groups in total. The van der Waals surface area contributed by atoms with E-state index in [1.165, 1.54) is 0 Å². The van der Waals surface area contributed by atoms with Crippen LogP contribution < -0.4 is 15.4 Å². The quantitative estimate of drug-likeness (QED) is 0.866. The fourth-order valence-corrected chi connectivity index (χ4v) is 2.89. The SMILES string of the molecule is Cl.O=C(CNCC1CCCO1)NC1CCOc2ccccc21. The van der Waals surface area contributed by atoms with E-state index in [0.29, 0.717) is 13.2 Å². The molecule has 3 rings (SSSR count). The molecule has 1 amide bonds. The van der Waals surface area contributed by atoms with E-state index < -0.39 is 0 Å². The fraction of sp³-hybridized carbons (Fsp3) is 0.562. The van der Waals surface area contributed by atoms with E-state index in [-0.39, 0.29) is 30.5 Å². The number of benzene rings is 1. The molecule has 0 bridgehead atoms. The average molecular weight is 327 g/mol. The number of rotatable bonds is 5. The molecule has 1 aromatic rings. The van der Waals surface area contributed by atoms with E-state index in [2.05, 4.69) is 10.6 Å². The van der Waals surface area contributed by atoms with Gasteiger partial charge >= 0.3 is 0 Å². The molecule has 1 saturated heterocycles. The standard InChI is InChI=1S/C16H22N2O3.ClH/c19-16(11-17-10-12-4-3-8-20-12)18-14-7-9-21-15-6-2-1-5-13(14)15;/h1-2,5-6,12,14,17H,3-4,7-11H2,(H,18,19);1H. The number of fused-ring (bicyclic) bond motifs is 1. The first-order valence-electron chi connectivity index (χ1n) is 7.66. The molecule has 2 unspecified atom stereocenters. The van der Waals surface area contributed by atoms with E-state index in [1.807, 2.05) is 24.3 Å². The van der Waals surface area contributed by atoms with Gasteiger partial charge in [-0.05, 0) is 18.9 Å². The monoisotopic (exact) mass is 326 g/mol. The molecule has 2 aliphatic rings. The zero-order valence-corrected chi connectivity index (χ0v) is 13.4. The first-order valence-corrected chi connectivity index (χ1v) is 7.66. The van der Waals surface area contributed by atoms with E-state index in [1.54, 1.807) is 0 Å². The number of amides is 1. The molecule has 6 heteroatoms. The van der Waals surface area contributed by atoms with Crippen LogP contribution in [0.15, 0.2) is 24.3 Å². The van der Waals surface area contributed by atoms with Gasteiger partial charge in [0.25, 0.3) is 0 Å². The molecular weight excluding hydrogens is 304 g/mol. The Hall–Kier alpha value is -1.30. The van der Waals surface area contributed by atoms with Gasteiger partial charge in [-0.2, -0.15) is 0 Å². The normalized spacial score (nSPS) is 23.1. The van der Waals surface area contributed by atoms with Gasteiger partial charge in [-0.1, -0.05) is 18.2 Å². The van der Waals surface area contributed by atoms with Crippen LogP contribution in [0.1, 0.15) is 30.9 Å². The minimum Gasteiger partial charge on any atom is -0.493 e. The Bertz CT molecular complexity index is 492. The fourth-order valence-electron chi connectivity index (χ4n) is 2.89. The maximum atomic E-state index is 12.0. The van der Waals surface area contributed by atoms with Crippen LogP contribution in [0.5, 0.6) is 5.75 Å². The summed E-state index contributed by atoms with van der Waals surface area (Å²) in [6.45, 7) is 2.57. The Balaban J connectivity index is 0.00000176. The summed E-state index contributed by atoms with van der Waals surface area (Å²) < 4.78 is 11.1. The average Bonchev–Trinajstić information content (AvgIpc) is 3.01. The van der Waals surface area contributed by atoms with Gasteiger partial charge in [-0.15, -0.1) is 12.4 Å². The molecule has 1 aromatic carbocycles. The Kier molecular flexibility index (Phi) is 6.49. The molecule has 5 nitrogen and oxygen atoms in total. The molecule has 1 fully saturated rings. The van der Waals surface area contributed by atoms with Crippen molar-refractivity contribution < 1.29 is 14.3 Å². The lowest BCUT2D eigenvalue weighted by molar-refractivity contribution is -0.121. The summed E-state index contributed by atoms with van der Waals surface area (Å²) in [6.07, 6.45) is 3.29. The number of hydrogen-bond donors (Lipinski definition) is 2. The lowest BCUT2D eigenvalue weighted by Crippen LogP contribution is -2.40. The van der Waals surface area contributed by atoms with Crippen LogP contribution >= 0.6 is 12.4 Å². The van der Waals surface area contributed by atoms with Crippen molar-refractivity contribution in [2.75, 3.05) is 26.3 Å². The van der Waals surface area contributed by atoms with Gasteiger partial charge in [0.2, 0.25) is 5.91 Å². The van der Waals surface area contributed by atoms with Crippen LogP contribution in [-0.2, 0) is 9.53 Å². The highest BCUT2D eigenvalue weighted by Crippen LogP contribution is 2.31. The smallest absolute Gasteiger partial charge is 0.234 e. The highest BCUT2D eigenvalue weighted by molar-refractivity contribution is 5.85. The van der Waals surface area contributed by atoms with E-state index in [9.17, 15) is 4.79 Å². The van der Waals surface area contributed by atoms with Gasteiger partial charge < -0.3 is 20.1 Å². The summed E-state index contributed by atoms with van der Waals surface area (Å²) >= 11 is 0. The second-order valence-electron chi connectivity index (χ2n) is 5.56. The molecule has 0 spiro atoms. The van der Waals surface area contributed by atoms with E-state index in [0.717, 1.165) is 43.7 Å². The summed E-state index contributed by atoms with van der Waals surface area (Å²) in [5.74, 6) is 0.899. The van der Waals surface area contributed by atoms with Gasteiger partial charge in [-0.25, -0.2) is 0 Å². The predicted octanol–water partition coefficient (Wildman–Crippen LogP) is 1.82. The molecule has 0 saturated carbocycles. The lowest BCUT2D eigenvalue weighted by atomic mass is 10.0. The molecule has 0 aliphatic carbocycles. The number of carbonyl (C=O) groups excluding carboxylic acids is 1. The number of ether oxygens (including phenoxy) is 2. The molecule has 2 aliphatic heterocycles. The van der Waals surface area contributed by atoms with Crippen molar-refractivity contribution in [1.29, 1.82) is 0 Å². The molecule has 2 atom stereocenters. The zero-order valence-electron chi connectivity index (χ0n) is 12.5. The Labute approximate surface area is 137 Å². The van der Waals surface area contributed by atoms with Crippen LogP contribution in [0.25, 0.3) is 0 Å². The number of para-hydroxylation sites is 1. The van der Waals surface area contributed by atoms with Gasteiger partial charge in [0.05, 0.1) is 25.3 Å². The highest BCUT2D eigenvalue weighted by atomic mass is 35.5. The van der Waals surface area contributed by atoms with E-state index in [4.69, 9.17) is 9.47 Å². The van der Waals surface area contributed by atoms with Crippen LogP contribution in [-0.4, -0.2) is 38.3 Å². The summed E-state index contributed by atoms with van der Waals surface area (Å²) in [7, 11) is 0. The van der Waals surface area contributed by atoms with Gasteiger partial charge in [0.15, 0.2) is 0 Å². The van der Waals surface area contributed by atoms with Crippen molar-refractivity contribution in [3.05, 3.63) is 29.8 Å². The number of halogens is 1. The van der Waals surface area contributed by atoms with Crippen molar-refractivity contribution in [2.24, 2.45) is 0 Å². The number of hydrogen-bond acceptors (Lipinski definition) is 4. The number of carbonyl (C=O) groups is 1. The second kappa shape index (κ2) is 8.36. The third-order valence-electron chi connectivity index (χ3n) is 3.98. The molecule has 0 aromatic heterocycles. The zero-order chi connectivity index (χ0) is 14.5. The first-order chi connectivity index (χ1) is 10.3. The van der Waals surface area contributed by atoms with Crippen LogP contribution in [0.2, 0.25) is 0 Å². The van der Waals surface area contributed by atoms with Crippen molar-refractivity contribution in [2.45, 2.75) is 31.4 Å². The van der Waals surface area contributed by atoms with Crippen molar-refractivity contribution in [3.8, 4) is 5.75 Å². The Morgan fingerprint density at radius 1 is 1.23 bits per heavy atom. The van der Waals surface area contributed by atoms with Crippen LogP contribution in [0.3, 0.4) is 0 Å². The minimum atomic E-state index is 0. The molecule has 2 heterocycles. The summed E-state index contributed by atoms with van der Waals surface area (Å²) in [4.78, 5) is 12.0. The van der Waals surface area contributed by atoms with Crippen LogP contribution in [0, 0.1) is 0 Å². The summed E-state index contributed by atoms with van der Waals surface area (Å²) in [5.41, 5.74) is 1.07. The van der Waals surface area contributed by atoms with Crippen LogP contribution in [0.4, 0.5) is 0 Å². The second-order valence-corrected chi connectivity index (χ2v) is 5.56. The molecule has 22 heavy (non-hydrogen) atoms. The third-order valence-corrected chi connectivity index (χ3v) is 3.98. The van der Waals surface area contributed by atoms with Gasteiger partial charge in [-0.3, -0.25) is 4.79 Å². The van der Waals surface area contributed by atoms with Gasteiger partial charge in [0, 0.05) is 25.1 Å². The maximum absolute atomic E-state index is 12.0. The van der Waals surface area contributed by atoms with E-state index >= 15 is 0 Å². The van der Waals surface area contributed by atoms with Gasteiger partial charge in [0.1, 0.15) is 5.75 Å². The summed E-state index contributed by atoms with van der Waals surface area (Å²) in [6, 6.07) is 7.93. The highest BCUT2D eigenvalue weighted by Gasteiger charge is 2.22.